The molecule has 0 N–H and O–H groups in total. The highest BCUT2D eigenvalue weighted by Crippen LogP contribution is 2.51. The van der Waals surface area contributed by atoms with E-state index < -0.39 is 14.6 Å². The van der Waals surface area contributed by atoms with Crippen molar-refractivity contribution in [2.45, 2.75) is 51.7 Å². The quantitative estimate of drug-likeness (QED) is 0.693. The fourth-order valence-corrected chi connectivity index (χ4v) is 4.55. The van der Waals surface area contributed by atoms with E-state index in [0.717, 1.165) is 24.8 Å². The molecule has 2 rings (SSSR count). The number of hydrogen-bond donors (Lipinski definition) is 0. The van der Waals surface area contributed by atoms with E-state index in [1.165, 1.54) is 0 Å². The van der Waals surface area contributed by atoms with E-state index >= 15 is 0 Å². The fourth-order valence-electron chi connectivity index (χ4n) is 2.72. The number of hydrogen-bond acceptors (Lipinski definition) is 2. The Kier molecular flexibility index (Phi) is 2.04. The lowest BCUT2D eigenvalue weighted by atomic mass is 10.0. The molecule has 2 bridgehead atoms. The summed E-state index contributed by atoms with van der Waals surface area (Å²) >= 11 is 0. The van der Waals surface area contributed by atoms with E-state index in [4.69, 9.17) is 1.37 Å². The van der Waals surface area contributed by atoms with E-state index in [-0.39, 0.29) is 12.8 Å². The molecule has 0 unspecified atom stereocenters. The Hall–Kier alpha value is -0.310. The van der Waals surface area contributed by atoms with Gasteiger partial charge in [0.25, 0.3) is 0 Å². The van der Waals surface area contributed by atoms with E-state index in [1.807, 2.05) is 0 Å². The molecule has 1 fully saturated rings. The average molecular weight is 229 g/mol. The highest BCUT2D eigenvalue weighted by atomic mass is 32.2. The van der Waals surface area contributed by atoms with Gasteiger partial charge in [-0.2, -0.15) is 0 Å². The van der Waals surface area contributed by atoms with Crippen molar-refractivity contribution < 1.29 is 9.79 Å². The maximum atomic E-state index is 12.5. The maximum absolute atomic E-state index is 12.5. The largest absolute Gasteiger partial charge is 0.223 e. The van der Waals surface area contributed by atoms with Crippen LogP contribution in [0.5, 0.6) is 0 Å². The van der Waals surface area contributed by atoms with Crippen LogP contribution in [0.3, 0.4) is 0 Å². The molecule has 2 aliphatic carbocycles. The molecule has 0 aromatic heterocycles. The number of allylic oxidation sites excluding steroid dienone is 2. The summed E-state index contributed by atoms with van der Waals surface area (Å²) < 4.78 is 31.8. The first-order valence-corrected chi connectivity index (χ1v) is 7.04. The Morgan fingerprint density at radius 1 is 1.27 bits per heavy atom. The molecule has 0 saturated heterocycles. The van der Waals surface area contributed by atoms with Gasteiger partial charge in [-0.3, -0.25) is 0 Å². The van der Waals surface area contributed by atoms with Crippen molar-refractivity contribution in [3.8, 4) is 0 Å². The molecule has 0 spiro atoms. The van der Waals surface area contributed by atoms with Gasteiger partial charge in [0.2, 0.25) is 0 Å². The van der Waals surface area contributed by atoms with Gasteiger partial charge in [-0.15, -0.1) is 0 Å². The van der Waals surface area contributed by atoms with Crippen LogP contribution < -0.4 is 0 Å². The van der Waals surface area contributed by atoms with Crippen LogP contribution in [0.2, 0.25) is 0 Å². The molecule has 86 valence electrons. The minimum Gasteiger partial charge on any atom is -0.223 e. The smallest absolute Gasteiger partial charge is 0.179 e. The number of rotatable bonds is 1. The first-order chi connectivity index (χ1) is 7.29. The predicted molar refractivity (Wildman–Crippen MR) is 62.2 cm³/mol. The molecule has 2 atom stereocenters. The summed E-state index contributed by atoms with van der Waals surface area (Å²) in [6.07, 6.45) is 3.06. The molecule has 0 heterocycles. The minimum atomic E-state index is -3.21. The van der Waals surface area contributed by atoms with Gasteiger partial charge in [0.05, 0.1) is 4.75 Å². The second-order valence-corrected chi connectivity index (χ2v) is 8.38. The second kappa shape index (κ2) is 3.09. The third-order valence-corrected chi connectivity index (χ3v) is 6.50. The molecule has 2 aliphatic rings. The first-order valence-electron chi connectivity index (χ1n) is 6.26. The normalized spacial score (nSPS) is 32.3. The van der Waals surface area contributed by atoms with Crippen molar-refractivity contribution >= 4 is 9.84 Å². The third kappa shape index (κ3) is 1.47. The zero-order chi connectivity index (χ0) is 12.1. The molecule has 0 aromatic rings. The van der Waals surface area contributed by atoms with E-state index in [9.17, 15) is 8.42 Å². The molecule has 3 heteroatoms. The van der Waals surface area contributed by atoms with Crippen LogP contribution in [0.4, 0.5) is 0 Å². The van der Waals surface area contributed by atoms with E-state index in [2.05, 4.69) is 0 Å². The summed E-state index contributed by atoms with van der Waals surface area (Å²) in [6.45, 7) is 5.42. The molecule has 1 saturated carbocycles. The van der Waals surface area contributed by atoms with Gasteiger partial charge in [-0.1, -0.05) is 5.57 Å². The lowest BCUT2D eigenvalue weighted by Gasteiger charge is -2.25. The van der Waals surface area contributed by atoms with Crippen molar-refractivity contribution in [1.29, 1.82) is 0 Å². The van der Waals surface area contributed by atoms with Crippen molar-refractivity contribution in [3.63, 3.8) is 0 Å². The average Bonchev–Trinajstić information content (AvgIpc) is 2.73. The molecular formula is C12H20O2S. The predicted octanol–water partition coefficient (Wildman–Crippen LogP) is 2.90. The van der Waals surface area contributed by atoms with Crippen molar-refractivity contribution in [2.24, 2.45) is 11.8 Å². The molecule has 0 aromatic carbocycles. The molecule has 15 heavy (non-hydrogen) atoms. The van der Waals surface area contributed by atoms with Crippen LogP contribution >= 0.6 is 0 Å². The van der Waals surface area contributed by atoms with Gasteiger partial charge in [-0.05, 0) is 58.8 Å². The summed E-state index contributed by atoms with van der Waals surface area (Å²) in [6, 6.07) is 0. The highest BCUT2D eigenvalue weighted by molar-refractivity contribution is 7.96. The number of sulfone groups is 1. The van der Waals surface area contributed by atoms with Crippen molar-refractivity contribution in [1.82, 2.24) is 0 Å². The van der Waals surface area contributed by atoms with Crippen LogP contribution in [0.1, 0.15) is 48.3 Å². The van der Waals surface area contributed by atoms with Gasteiger partial charge in [-0.25, -0.2) is 8.42 Å². The zero-order valence-corrected chi connectivity index (χ0v) is 10.5. The first kappa shape index (κ1) is 9.88. The van der Waals surface area contributed by atoms with E-state index in [1.54, 1.807) is 20.8 Å². The maximum Gasteiger partial charge on any atom is 0.179 e. The topological polar surface area (TPSA) is 34.1 Å². The standard InChI is InChI=1S/C12H20O2S/c1-8-9-5-6-10(7-9)11(8)15(13,14)12(2,3)4/h9-10H,5-7H2,1-4H3/t9-,10+/m0/s1/i1D. The molecule has 0 aliphatic heterocycles. The summed E-state index contributed by atoms with van der Waals surface area (Å²) in [5.74, 6) is 0.601. The fraction of sp³-hybridized carbons (Fsp3) is 0.833. The zero-order valence-electron chi connectivity index (χ0n) is 10.7. The lowest BCUT2D eigenvalue weighted by molar-refractivity contribution is 0.554. The Bertz CT molecular complexity index is 428. The number of fused-ring (bicyclic) bond motifs is 2. The molecular weight excluding hydrogens is 208 g/mol. The summed E-state index contributed by atoms with van der Waals surface area (Å²) in [4.78, 5) is 0.631. The minimum absolute atomic E-state index is 0.159. The van der Waals surface area contributed by atoms with Gasteiger partial charge in [0.1, 0.15) is 0 Å². The summed E-state index contributed by atoms with van der Waals surface area (Å²) in [5, 5.41) is 0. The van der Waals surface area contributed by atoms with Gasteiger partial charge >= 0.3 is 0 Å². The van der Waals surface area contributed by atoms with Gasteiger partial charge < -0.3 is 0 Å². The molecule has 0 amide bonds. The molecule has 2 nitrogen and oxygen atoms in total. The van der Waals surface area contributed by atoms with Crippen LogP contribution in [0, 0.1) is 11.8 Å². The van der Waals surface area contributed by atoms with Crippen LogP contribution in [0.15, 0.2) is 10.5 Å². The monoisotopic (exact) mass is 229 g/mol. The Morgan fingerprint density at radius 2 is 1.87 bits per heavy atom. The Morgan fingerprint density at radius 3 is 2.40 bits per heavy atom. The van der Waals surface area contributed by atoms with Gasteiger partial charge in [0, 0.05) is 6.28 Å². The molecule has 0 radical (unpaired) electrons. The Labute approximate surface area is 94.1 Å². The summed E-state index contributed by atoms with van der Waals surface area (Å²) in [7, 11) is -3.21. The van der Waals surface area contributed by atoms with Gasteiger partial charge in [0.15, 0.2) is 9.84 Å². The highest BCUT2D eigenvalue weighted by Gasteiger charge is 2.46. The Balaban J connectivity index is 2.52. The lowest BCUT2D eigenvalue weighted by Crippen LogP contribution is -2.31. The SMILES string of the molecule is [2H]CC1=C(S(=O)(=O)C(C)(C)C)[C@@H]2CC[C@H]1C2. The summed E-state index contributed by atoms with van der Waals surface area (Å²) in [5.41, 5.74) is 0.908. The van der Waals surface area contributed by atoms with Crippen LogP contribution in [0.25, 0.3) is 0 Å². The van der Waals surface area contributed by atoms with Crippen molar-refractivity contribution in [2.75, 3.05) is 0 Å². The van der Waals surface area contributed by atoms with Crippen molar-refractivity contribution in [3.05, 3.63) is 10.5 Å². The third-order valence-electron chi connectivity index (χ3n) is 3.71. The second-order valence-electron chi connectivity index (χ2n) is 5.71. The van der Waals surface area contributed by atoms with E-state index in [0.29, 0.717) is 10.8 Å². The van der Waals surface area contributed by atoms with Crippen LogP contribution in [-0.4, -0.2) is 13.2 Å². The van der Waals surface area contributed by atoms with Crippen LogP contribution in [-0.2, 0) is 9.84 Å².